The first-order valence-corrected chi connectivity index (χ1v) is 6.37. The molecule has 19 heavy (non-hydrogen) atoms. The molecule has 5 heteroatoms. The summed E-state index contributed by atoms with van der Waals surface area (Å²) in [5.41, 5.74) is 2.25. The van der Waals surface area contributed by atoms with E-state index < -0.39 is 0 Å². The molecule has 1 aliphatic heterocycles. The van der Waals surface area contributed by atoms with E-state index in [0.717, 1.165) is 18.8 Å². The molecule has 1 aliphatic rings. The summed E-state index contributed by atoms with van der Waals surface area (Å²) in [6, 6.07) is 7.88. The first-order chi connectivity index (χ1) is 9.33. The SMILES string of the molecule is O=C(Nc1ccc(N2CCCC2)cc1)c1cocn1. The molecular formula is C14H15N3O2. The molecule has 98 valence electrons. The summed E-state index contributed by atoms with van der Waals surface area (Å²) in [6.07, 6.45) is 5.08. The van der Waals surface area contributed by atoms with Gasteiger partial charge in [0.05, 0.1) is 0 Å². The fraction of sp³-hybridized carbons (Fsp3) is 0.286. The van der Waals surface area contributed by atoms with Crippen molar-refractivity contribution in [1.29, 1.82) is 0 Å². The minimum atomic E-state index is -0.261. The second kappa shape index (κ2) is 5.14. The largest absolute Gasteiger partial charge is 0.451 e. The Morgan fingerprint density at radius 2 is 1.95 bits per heavy atom. The standard InChI is InChI=1S/C14H15N3O2/c18-14(13-9-19-10-15-13)16-11-3-5-12(6-4-11)17-7-1-2-8-17/h3-6,9-10H,1-2,7-8H2,(H,16,18). The maximum Gasteiger partial charge on any atom is 0.277 e. The van der Waals surface area contributed by atoms with E-state index in [4.69, 9.17) is 4.42 Å². The Morgan fingerprint density at radius 3 is 2.58 bits per heavy atom. The second-order valence-electron chi connectivity index (χ2n) is 4.57. The first kappa shape index (κ1) is 11.8. The molecular weight excluding hydrogens is 242 g/mol. The number of hydrogen-bond acceptors (Lipinski definition) is 4. The average molecular weight is 257 g/mol. The maximum absolute atomic E-state index is 11.8. The number of amides is 1. The Labute approximate surface area is 111 Å². The van der Waals surface area contributed by atoms with Crippen LogP contribution in [0.4, 0.5) is 11.4 Å². The summed E-state index contributed by atoms with van der Waals surface area (Å²) in [7, 11) is 0. The molecule has 1 saturated heterocycles. The Hall–Kier alpha value is -2.30. The van der Waals surface area contributed by atoms with Gasteiger partial charge in [-0.05, 0) is 37.1 Å². The van der Waals surface area contributed by atoms with Crippen molar-refractivity contribution in [3.63, 3.8) is 0 Å². The maximum atomic E-state index is 11.8. The van der Waals surface area contributed by atoms with Crippen LogP contribution in [0, 0.1) is 0 Å². The zero-order valence-electron chi connectivity index (χ0n) is 10.5. The van der Waals surface area contributed by atoms with E-state index in [2.05, 4.69) is 15.2 Å². The number of nitrogens with zero attached hydrogens (tertiary/aromatic N) is 2. The van der Waals surface area contributed by atoms with Gasteiger partial charge in [0, 0.05) is 24.5 Å². The van der Waals surface area contributed by atoms with Crippen LogP contribution in [-0.4, -0.2) is 24.0 Å². The number of anilines is 2. The van der Waals surface area contributed by atoms with E-state index in [0.29, 0.717) is 0 Å². The Bertz CT molecular complexity index is 543. The van der Waals surface area contributed by atoms with Crippen LogP contribution in [0.5, 0.6) is 0 Å². The quantitative estimate of drug-likeness (QED) is 0.918. The molecule has 0 radical (unpaired) electrons. The molecule has 2 heterocycles. The van der Waals surface area contributed by atoms with Crippen molar-refractivity contribution in [2.45, 2.75) is 12.8 Å². The normalized spacial score (nSPS) is 14.6. The molecule has 3 rings (SSSR count). The molecule has 0 spiro atoms. The second-order valence-corrected chi connectivity index (χ2v) is 4.57. The van der Waals surface area contributed by atoms with Crippen LogP contribution in [0.25, 0.3) is 0 Å². The fourth-order valence-electron chi connectivity index (χ4n) is 2.25. The summed E-state index contributed by atoms with van der Waals surface area (Å²) in [5.74, 6) is -0.261. The van der Waals surface area contributed by atoms with Crippen LogP contribution in [0.1, 0.15) is 23.3 Å². The van der Waals surface area contributed by atoms with Crippen LogP contribution in [-0.2, 0) is 0 Å². The molecule has 1 aromatic heterocycles. The summed E-state index contributed by atoms with van der Waals surface area (Å²) in [4.78, 5) is 17.9. The average Bonchev–Trinajstić information content (AvgIpc) is 3.13. The van der Waals surface area contributed by atoms with Crippen molar-refractivity contribution in [2.24, 2.45) is 0 Å². The highest BCUT2D eigenvalue weighted by Crippen LogP contribution is 2.22. The van der Waals surface area contributed by atoms with E-state index in [1.165, 1.54) is 31.2 Å². The highest BCUT2D eigenvalue weighted by molar-refractivity contribution is 6.02. The van der Waals surface area contributed by atoms with Crippen molar-refractivity contribution >= 4 is 17.3 Å². The van der Waals surface area contributed by atoms with Gasteiger partial charge in [-0.3, -0.25) is 4.79 Å². The van der Waals surface area contributed by atoms with Gasteiger partial charge >= 0.3 is 0 Å². The number of nitrogens with one attached hydrogen (secondary N) is 1. The number of rotatable bonds is 3. The van der Waals surface area contributed by atoms with Gasteiger partial charge in [0.25, 0.3) is 5.91 Å². The lowest BCUT2D eigenvalue weighted by atomic mass is 10.2. The third-order valence-electron chi connectivity index (χ3n) is 3.26. The minimum absolute atomic E-state index is 0.261. The third-order valence-corrected chi connectivity index (χ3v) is 3.26. The number of carbonyl (C=O) groups is 1. The lowest BCUT2D eigenvalue weighted by molar-refractivity contribution is 0.102. The van der Waals surface area contributed by atoms with Gasteiger partial charge in [-0.1, -0.05) is 0 Å². The van der Waals surface area contributed by atoms with E-state index >= 15 is 0 Å². The monoisotopic (exact) mass is 257 g/mol. The number of hydrogen-bond donors (Lipinski definition) is 1. The van der Waals surface area contributed by atoms with Gasteiger partial charge in [-0.15, -0.1) is 0 Å². The Morgan fingerprint density at radius 1 is 1.21 bits per heavy atom. The topological polar surface area (TPSA) is 58.4 Å². The van der Waals surface area contributed by atoms with E-state index in [1.807, 2.05) is 24.3 Å². The lowest BCUT2D eigenvalue weighted by Gasteiger charge is -2.17. The van der Waals surface area contributed by atoms with Gasteiger partial charge in [0.15, 0.2) is 12.1 Å². The first-order valence-electron chi connectivity index (χ1n) is 6.37. The minimum Gasteiger partial charge on any atom is -0.451 e. The van der Waals surface area contributed by atoms with Crippen molar-refractivity contribution in [3.8, 4) is 0 Å². The Kier molecular flexibility index (Phi) is 3.18. The van der Waals surface area contributed by atoms with E-state index in [9.17, 15) is 4.79 Å². The summed E-state index contributed by atoms with van der Waals surface area (Å²) >= 11 is 0. The molecule has 1 N–H and O–H groups in total. The number of benzene rings is 1. The van der Waals surface area contributed by atoms with Gasteiger partial charge in [-0.2, -0.15) is 0 Å². The van der Waals surface area contributed by atoms with E-state index in [-0.39, 0.29) is 11.6 Å². The number of carbonyl (C=O) groups excluding carboxylic acids is 1. The smallest absolute Gasteiger partial charge is 0.277 e. The third kappa shape index (κ3) is 2.59. The van der Waals surface area contributed by atoms with Crippen molar-refractivity contribution < 1.29 is 9.21 Å². The molecule has 1 aromatic carbocycles. The molecule has 0 unspecified atom stereocenters. The van der Waals surface area contributed by atoms with Gasteiger partial charge < -0.3 is 14.6 Å². The fourth-order valence-corrected chi connectivity index (χ4v) is 2.25. The molecule has 0 aliphatic carbocycles. The van der Waals surface area contributed by atoms with Crippen LogP contribution in [0.2, 0.25) is 0 Å². The molecule has 0 bridgehead atoms. The van der Waals surface area contributed by atoms with Crippen LogP contribution < -0.4 is 10.2 Å². The molecule has 1 amide bonds. The van der Waals surface area contributed by atoms with Crippen LogP contribution >= 0.6 is 0 Å². The molecule has 0 saturated carbocycles. The molecule has 2 aromatic rings. The van der Waals surface area contributed by atoms with Crippen molar-refractivity contribution in [3.05, 3.63) is 42.6 Å². The highest BCUT2D eigenvalue weighted by atomic mass is 16.3. The van der Waals surface area contributed by atoms with E-state index in [1.54, 1.807) is 0 Å². The van der Waals surface area contributed by atoms with Gasteiger partial charge in [-0.25, -0.2) is 4.98 Å². The molecule has 1 fully saturated rings. The molecule has 0 atom stereocenters. The zero-order chi connectivity index (χ0) is 13.1. The van der Waals surface area contributed by atoms with Crippen LogP contribution in [0.15, 0.2) is 41.3 Å². The lowest BCUT2D eigenvalue weighted by Crippen LogP contribution is -2.17. The van der Waals surface area contributed by atoms with Crippen molar-refractivity contribution in [1.82, 2.24) is 4.98 Å². The summed E-state index contributed by atoms with van der Waals surface area (Å²) in [5, 5.41) is 2.78. The Balaban J connectivity index is 1.67. The van der Waals surface area contributed by atoms with Gasteiger partial charge in [0.1, 0.15) is 6.26 Å². The zero-order valence-corrected chi connectivity index (χ0v) is 10.5. The van der Waals surface area contributed by atoms with Gasteiger partial charge in [0.2, 0.25) is 0 Å². The van der Waals surface area contributed by atoms with Crippen molar-refractivity contribution in [2.75, 3.05) is 23.3 Å². The van der Waals surface area contributed by atoms with Crippen LogP contribution in [0.3, 0.4) is 0 Å². The predicted molar refractivity (Wildman–Crippen MR) is 72.3 cm³/mol. The summed E-state index contributed by atoms with van der Waals surface area (Å²) < 4.78 is 4.78. The summed E-state index contributed by atoms with van der Waals surface area (Å²) in [6.45, 7) is 2.23. The number of oxazole rings is 1. The highest BCUT2D eigenvalue weighted by Gasteiger charge is 2.12. The number of aromatic nitrogens is 1. The predicted octanol–water partition coefficient (Wildman–Crippen LogP) is 2.53. The molecule has 5 nitrogen and oxygen atoms in total.